The predicted molar refractivity (Wildman–Crippen MR) is 100 cm³/mol. The number of hydrogen-bond donors (Lipinski definition) is 1. The van der Waals surface area contributed by atoms with E-state index in [2.05, 4.69) is 36.5 Å². The van der Waals surface area contributed by atoms with E-state index in [0.29, 0.717) is 6.54 Å². The number of carbonyl (C=O) groups is 1. The standard InChI is InChI=1S/C22H22N2O/c1-17-9-8-14-24(18(17)2)16-22(25)23-21-13-7-6-12-20(21)15-19-10-4-3-5-11-19/h3-14H,15-16H2,1-2H3/p+1. The molecule has 0 fully saturated rings. The van der Waals surface area contributed by atoms with E-state index < -0.39 is 0 Å². The summed E-state index contributed by atoms with van der Waals surface area (Å²) in [5.74, 6) is -0.0146. The molecule has 0 unspecified atom stereocenters. The molecule has 1 amide bonds. The average Bonchev–Trinajstić information content (AvgIpc) is 2.62. The quantitative estimate of drug-likeness (QED) is 0.708. The summed E-state index contributed by atoms with van der Waals surface area (Å²) in [5.41, 5.74) is 5.51. The van der Waals surface area contributed by atoms with Crippen LogP contribution in [0.5, 0.6) is 0 Å². The van der Waals surface area contributed by atoms with Crippen LogP contribution in [0, 0.1) is 13.8 Å². The average molecular weight is 331 g/mol. The molecule has 3 aromatic rings. The van der Waals surface area contributed by atoms with Crippen molar-refractivity contribution in [3.8, 4) is 0 Å². The van der Waals surface area contributed by atoms with Crippen molar-refractivity contribution in [3.63, 3.8) is 0 Å². The summed E-state index contributed by atoms with van der Waals surface area (Å²) in [7, 11) is 0. The molecule has 0 atom stereocenters. The van der Waals surface area contributed by atoms with Gasteiger partial charge in [0, 0.05) is 24.2 Å². The molecule has 0 saturated carbocycles. The SMILES string of the molecule is Cc1ccc[n+](CC(=O)Nc2ccccc2Cc2ccccc2)c1C. The highest BCUT2D eigenvalue weighted by atomic mass is 16.1. The van der Waals surface area contributed by atoms with E-state index in [1.54, 1.807) is 0 Å². The van der Waals surface area contributed by atoms with Gasteiger partial charge in [0.1, 0.15) is 0 Å². The molecular formula is C22H23N2O+. The van der Waals surface area contributed by atoms with Gasteiger partial charge < -0.3 is 5.32 Å². The summed E-state index contributed by atoms with van der Waals surface area (Å²) in [5, 5.41) is 3.07. The zero-order valence-electron chi connectivity index (χ0n) is 14.7. The highest BCUT2D eigenvalue weighted by Gasteiger charge is 2.15. The second-order valence-electron chi connectivity index (χ2n) is 6.27. The lowest BCUT2D eigenvalue weighted by atomic mass is 10.0. The lowest BCUT2D eigenvalue weighted by molar-refractivity contribution is -0.690. The number of para-hydroxylation sites is 1. The van der Waals surface area contributed by atoms with E-state index >= 15 is 0 Å². The van der Waals surface area contributed by atoms with Crippen LogP contribution in [0.4, 0.5) is 5.69 Å². The molecular weight excluding hydrogens is 308 g/mol. The van der Waals surface area contributed by atoms with Crippen LogP contribution in [0.25, 0.3) is 0 Å². The maximum atomic E-state index is 12.5. The van der Waals surface area contributed by atoms with Crippen LogP contribution in [-0.4, -0.2) is 5.91 Å². The number of aryl methyl sites for hydroxylation is 1. The summed E-state index contributed by atoms with van der Waals surface area (Å²) in [6.45, 7) is 4.40. The number of amides is 1. The number of nitrogens with one attached hydrogen (secondary N) is 1. The van der Waals surface area contributed by atoms with E-state index in [1.807, 2.05) is 60.2 Å². The monoisotopic (exact) mass is 331 g/mol. The van der Waals surface area contributed by atoms with Crippen LogP contribution >= 0.6 is 0 Å². The van der Waals surface area contributed by atoms with Crippen molar-refractivity contribution < 1.29 is 9.36 Å². The van der Waals surface area contributed by atoms with Gasteiger partial charge in [-0.05, 0) is 36.6 Å². The first-order valence-corrected chi connectivity index (χ1v) is 8.51. The Hall–Kier alpha value is -2.94. The number of anilines is 1. The highest BCUT2D eigenvalue weighted by molar-refractivity contribution is 5.90. The first-order valence-electron chi connectivity index (χ1n) is 8.51. The molecule has 3 nitrogen and oxygen atoms in total. The Kier molecular flexibility index (Phi) is 5.24. The number of rotatable bonds is 5. The van der Waals surface area contributed by atoms with Crippen LogP contribution in [0.1, 0.15) is 22.4 Å². The molecule has 0 aliphatic rings. The third-order valence-corrected chi connectivity index (χ3v) is 4.46. The Morgan fingerprint density at radius 1 is 0.920 bits per heavy atom. The second-order valence-corrected chi connectivity index (χ2v) is 6.27. The summed E-state index contributed by atoms with van der Waals surface area (Å²) in [6.07, 6.45) is 2.74. The van der Waals surface area contributed by atoms with Crippen molar-refractivity contribution in [2.45, 2.75) is 26.8 Å². The Morgan fingerprint density at radius 3 is 2.44 bits per heavy atom. The fourth-order valence-corrected chi connectivity index (χ4v) is 2.88. The van der Waals surface area contributed by atoms with Gasteiger partial charge in [-0.25, -0.2) is 0 Å². The summed E-state index contributed by atoms with van der Waals surface area (Å²) in [4.78, 5) is 12.5. The van der Waals surface area contributed by atoms with Gasteiger partial charge in [0.25, 0.3) is 5.91 Å². The molecule has 0 bridgehead atoms. The maximum absolute atomic E-state index is 12.5. The Morgan fingerprint density at radius 2 is 1.64 bits per heavy atom. The van der Waals surface area contributed by atoms with Gasteiger partial charge in [-0.15, -0.1) is 0 Å². The van der Waals surface area contributed by atoms with Crippen molar-refractivity contribution in [1.82, 2.24) is 0 Å². The lowest BCUT2D eigenvalue weighted by Crippen LogP contribution is -2.43. The zero-order valence-corrected chi connectivity index (χ0v) is 14.7. The van der Waals surface area contributed by atoms with Gasteiger partial charge in [-0.1, -0.05) is 48.5 Å². The topological polar surface area (TPSA) is 33.0 Å². The van der Waals surface area contributed by atoms with Crippen molar-refractivity contribution >= 4 is 11.6 Å². The molecule has 1 N–H and O–H groups in total. The van der Waals surface area contributed by atoms with E-state index in [0.717, 1.165) is 23.4 Å². The van der Waals surface area contributed by atoms with E-state index in [9.17, 15) is 4.79 Å². The number of aromatic nitrogens is 1. The minimum Gasteiger partial charge on any atom is -0.320 e. The van der Waals surface area contributed by atoms with Crippen LogP contribution in [0.3, 0.4) is 0 Å². The molecule has 126 valence electrons. The summed E-state index contributed by atoms with van der Waals surface area (Å²) in [6, 6.07) is 22.3. The van der Waals surface area contributed by atoms with Gasteiger partial charge in [-0.2, -0.15) is 4.57 Å². The van der Waals surface area contributed by atoms with Gasteiger partial charge in [0.2, 0.25) is 6.54 Å². The fourth-order valence-electron chi connectivity index (χ4n) is 2.88. The van der Waals surface area contributed by atoms with Crippen molar-refractivity contribution in [3.05, 3.63) is 95.3 Å². The third-order valence-electron chi connectivity index (χ3n) is 4.46. The first-order chi connectivity index (χ1) is 12.1. The summed E-state index contributed by atoms with van der Waals surface area (Å²) >= 11 is 0. The molecule has 0 saturated heterocycles. The number of carbonyl (C=O) groups excluding carboxylic acids is 1. The number of benzene rings is 2. The largest absolute Gasteiger partial charge is 0.320 e. The third kappa shape index (κ3) is 4.32. The first kappa shape index (κ1) is 16.9. The van der Waals surface area contributed by atoms with E-state index in [4.69, 9.17) is 0 Å². The molecule has 2 aromatic carbocycles. The van der Waals surface area contributed by atoms with Crippen molar-refractivity contribution in [2.75, 3.05) is 5.32 Å². The highest BCUT2D eigenvalue weighted by Crippen LogP contribution is 2.19. The number of hydrogen-bond acceptors (Lipinski definition) is 1. The Balaban J connectivity index is 1.74. The molecule has 3 rings (SSSR count). The normalized spacial score (nSPS) is 10.5. The molecule has 0 aliphatic heterocycles. The minimum absolute atomic E-state index is 0.0146. The van der Waals surface area contributed by atoms with E-state index in [-0.39, 0.29) is 5.91 Å². The van der Waals surface area contributed by atoms with Crippen molar-refractivity contribution in [2.24, 2.45) is 0 Å². The fraction of sp³-hybridized carbons (Fsp3) is 0.182. The zero-order chi connectivity index (χ0) is 17.6. The van der Waals surface area contributed by atoms with Crippen LogP contribution < -0.4 is 9.88 Å². The van der Waals surface area contributed by atoms with Crippen LogP contribution in [-0.2, 0) is 17.8 Å². The number of pyridine rings is 1. The van der Waals surface area contributed by atoms with Crippen LogP contribution in [0.2, 0.25) is 0 Å². The summed E-state index contributed by atoms with van der Waals surface area (Å²) < 4.78 is 1.98. The minimum atomic E-state index is -0.0146. The van der Waals surface area contributed by atoms with Crippen LogP contribution in [0.15, 0.2) is 72.9 Å². The molecule has 25 heavy (non-hydrogen) atoms. The van der Waals surface area contributed by atoms with Gasteiger partial charge >= 0.3 is 0 Å². The molecule has 1 aromatic heterocycles. The maximum Gasteiger partial charge on any atom is 0.290 e. The lowest BCUT2D eigenvalue weighted by Gasteiger charge is -2.11. The Bertz CT molecular complexity index is 872. The van der Waals surface area contributed by atoms with E-state index in [1.165, 1.54) is 11.1 Å². The Labute approximate surface area is 149 Å². The number of nitrogens with zero attached hydrogens (tertiary/aromatic N) is 1. The van der Waals surface area contributed by atoms with Gasteiger partial charge in [0.15, 0.2) is 11.9 Å². The molecule has 1 heterocycles. The van der Waals surface area contributed by atoms with Gasteiger partial charge in [-0.3, -0.25) is 4.79 Å². The van der Waals surface area contributed by atoms with Crippen molar-refractivity contribution in [1.29, 1.82) is 0 Å². The predicted octanol–water partition coefficient (Wildman–Crippen LogP) is 3.82. The second kappa shape index (κ2) is 7.75. The smallest absolute Gasteiger partial charge is 0.290 e. The molecule has 0 aliphatic carbocycles. The molecule has 0 radical (unpaired) electrons. The molecule has 0 spiro atoms. The molecule has 3 heteroatoms. The van der Waals surface area contributed by atoms with Gasteiger partial charge in [0.05, 0.1) is 0 Å².